The summed E-state index contributed by atoms with van der Waals surface area (Å²) < 4.78 is 55.5. The summed E-state index contributed by atoms with van der Waals surface area (Å²) >= 11 is 0. The van der Waals surface area contributed by atoms with Gasteiger partial charge in [0.05, 0.1) is 23.8 Å². The van der Waals surface area contributed by atoms with E-state index >= 15 is 9.13 Å². The number of benzene rings is 6. The maximum absolute atomic E-state index is 15.1. The summed E-state index contributed by atoms with van der Waals surface area (Å²) in [7, 11) is -7.19. The van der Waals surface area contributed by atoms with Gasteiger partial charge in [-0.2, -0.15) is 0 Å². The molecule has 0 radical (unpaired) electrons. The van der Waals surface area contributed by atoms with E-state index in [1.165, 1.54) is 0 Å². The molecule has 0 aromatic heterocycles. The van der Waals surface area contributed by atoms with Crippen molar-refractivity contribution in [3.8, 4) is 33.8 Å². The molecule has 6 aromatic rings. The Morgan fingerprint density at radius 2 is 0.833 bits per heavy atom. The molecule has 0 fully saturated rings. The first-order chi connectivity index (χ1) is 26.4. The minimum absolute atomic E-state index is 0.0114. The van der Waals surface area contributed by atoms with Crippen LogP contribution in [-0.4, -0.2) is 13.2 Å². The van der Waals surface area contributed by atoms with E-state index in [1.807, 2.05) is 146 Å². The summed E-state index contributed by atoms with van der Waals surface area (Å²) in [6.45, 7) is 10.2. The van der Waals surface area contributed by atoms with E-state index in [1.54, 1.807) is 12.2 Å². The molecule has 4 unspecified atom stereocenters. The van der Waals surface area contributed by atoms with Crippen LogP contribution in [0.15, 0.2) is 171 Å². The Balaban J connectivity index is 1.08. The molecule has 0 N–H and O–H groups in total. The van der Waals surface area contributed by atoms with Gasteiger partial charge in [0, 0.05) is 17.0 Å². The molecule has 0 saturated heterocycles. The minimum Gasteiger partial charge on any atom is -0.437 e. The Hall–Kier alpha value is -5.22. The van der Waals surface area contributed by atoms with Crippen LogP contribution in [0.1, 0.15) is 46.8 Å². The molecule has 0 aliphatic carbocycles. The summed E-state index contributed by atoms with van der Waals surface area (Å²) in [6.07, 6.45) is 3.32. The number of fused-ring (bicyclic) bond motifs is 6. The Kier molecular flexibility index (Phi) is 9.87. The number of ether oxygens (including phenoxy) is 2. The Labute approximate surface area is 316 Å². The molecule has 8 rings (SSSR count). The fourth-order valence-electron chi connectivity index (χ4n) is 7.41. The topological polar surface area (TPSA) is 71.1 Å². The predicted octanol–water partition coefficient (Wildman–Crippen LogP) is 11.6. The van der Waals surface area contributed by atoms with Gasteiger partial charge in [0.15, 0.2) is 11.7 Å². The van der Waals surface area contributed by atoms with Crippen molar-refractivity contribution in [2.45, 2.75) is 24.5 Å². The maximum atomic E-state index is 15.1. The summed E-state index contributed by atoms with van der Waals surface area (Å²) in [4.78, 5) is 0. The van der Waals surface area contributed by atoms with Crippen molar-refractivity contribution in [1.82, 2.24) is 0 Å². The lowest BCUT2D eigenvalue weighted by Crippen LogP contribution is -2.23. The first kappa shape index (κ1) is 35.8. The van der Waals surface area contributed by atoms with Crippen LogP contribution < -0.4 is 19.7 Å². The van der Waals surface area contributed by atoms with E-state index in [0.29, 0.717) is 22.1 Å². The first-order valence-electron chi connectivity index (χ1n) is 18.0. The molecule has 270 valence electrons. The lowest BCUT2D eigenvalue weighted by atomic mass is 9.92. The Morgan fingerprint density at radius 3 is 1.22 bits per heavy atom. The molecule has 0 amide bonds. The molecule has 2 aliphatic rings. The second-order valence-corrected chi connectivity index (χ2v) is 18.1. The maximum Gasteiger partial charge on any atom is 0.310 e. The van der Waals surface area contributed by atoms with Gasteiger partial charge in [-0.05, 0) is 57.6 Å². The van der Waals surface area contributed by atoms with Gasteiger partial charge in [0.2, 0.25) is 0 Å². The van der Waals surface area contributed by atoms with E-state index in [-0.39, 0.29) is 19.1 Å². The van der Waals surface area contributed by atoms with Crippen molar-refractivity contribution in [3.63, 3.8) is 0 Å². The van der Waals surface area contributed by atoms with Gasteiger partial charge in [-0.15, -0.1) is 13.2 Å². The van der Waals surface area contributed by atoms with Gasteiger partial charge in [0.25, 0.3) is 0 Å². The van der Waals surface area contributed by atoms with Crippen LogP contribution in [0.25, 0.3) is 22.3 Å². The van der Waals surface area contributed by atoms with E-state index in [4.69, 9.17) is 18.5 Å². The van der Waals surface area contributed by atoms with Crippen molar-refractivity contribution in [2.24, 2.45) is 0 Å². The van der Waals surface area contributed by atoms with Gasteiger partial charge in [-0.1, -0.05) is 140 Å². The van der Waals surface area contributed by atoms with Gasteiger partial charge in [-0.3, -0.25) is 9.13 Å². The molecule has 2 aliphatic heterocycles. The lowest BCUT2D eigenvalue weighted by Gasteiger charge is -2.34. The van der Waals surface area contributed by atoms with Gasteiger partial charge in [-0.25, -0.2) is 0 Å². The highest BCUT2D eigenvalue weighted by Gasteiger charge is 2.46. The van der Waals surface area contributed by atoms with E-state index in [9.17, 15) is 0 Å². The summed E-state index contributed by atoms with van der Waals surface area (Å²) in [5, 5.41) is 1.28. The summed E-state index contributed by atoms with van der Waals surface area (Å²) in [5.41, 5.74) is 7.22. The van der Waals surface area contributed by atoms with Crippen LogP contribution >= 0.6 is 14.7 Å². The number of hydrogen-bond acceptors (Lipinski definition) is 6. The highest BCUT2D eigenvalue weighted by atomic mass is 31.2. The first-order valence-corrected chi connectivity index (χ1v) is 21.4. The second-order valence-electron chi connectivity index (χ2n) is 13.4. The molecule has 0 bridgehead atoms. The van der Waals surface area contributed by atoms with Gasteiger partial charge >= 0.3 is 14.7 Å². The molecule has 8 heteroatoms. The molecule has 6 nitrogen and oxygen atoms in total. The molecule has 0 saturated carbocycles. The van der Waals surface area contributed by atoms with Crippen LogP contribution in [0.5, 0.6) is 11.5 Å². The fraction of sp³-hybridized carbons (Fsp3) is 0.130. The molecular weight excluding hydrogens is 710 g/mol. The van der Waals surface area contributed by atoms with Crippen LogP contribution in [0.3, 0.4) is 0 Å². The largest absolute Gasteiger partial charge is 0.437 e. The van der Waals surface area contributed by atoms with E-state index < -0.39 is 26.4 Å². The third-order valence-electron chi connectivity index (χ3n) is 10.1. The zero-order chi connectivity index (χ0) is 37.3. The smallest absolute Gasteiger partial charge is 0.310 e. The SMILES string of the molecule is C=CCOC(c1ccc(C(C)c2ccc(C(OCC=C)P3(=O)Oc4ccccc4-c4ccccc43)cc2)cc1)P1(=O)Oc2ccccc2-c2ccccc21. The zero-order valence-corrected chi connectivity index (χ0v) is 31.7. The molecular formula is C46H40O6P2. The summed E-state index contributed by atoms with van der Waals surface area (Å²) in [5.74, 6) is -0.526. The predicted molar refractivity (Wildman–Crippen MR) is 218 cm³/mol. The summed E-state index contributed by atoms with van der Waals surface area (Å²) in [6, 6.07) is 46.8. The molecule has 0 spiro atoms. The molecule has 6 aromatic carbocycles. The van der Waals surface area contributed by atoms with E-state index in [2.05, 4.69) is 20.1 Å². The highest BCUT2D eigenvalue weighted by Crippen LogP contribution is 2.65. The van der Waals surface area contributed by atoms with Crippen LogP contribution in [0, 0.1) is 0 Å². The van der Waals surface area contributed by atoms with Gasteiger partial charge in [0.1, 0.15) is 11.5 Å². The molecule has 2 heterocycles. The Bertz CT molecular complexity index is 2270. The third-order valence-corrected chi connectivity index (χ3v) is 15.3. The van der Waals surface area contributed by atoms with Crippen LogP contribution in [-0.2, 0) is 18.6 Å². The highest BCUT2D eigenvalue weighted by molar-refractivity contribution is 7.68. The average Bonchev–Trinajstić information content (AvgIpc) is 3.21. The standard InChI is InChI=1S/C46H40O6P2/c1-4-30-49-45(53(47)43-20-12-8-16-39(43)37-14-6-10-18-41(37)51-53)35-26-22-33(23-27-35)32(3)34-24-28-36(29-25-34)46(50-31-5-2)54(48)44-21-13-9-17-40(44)38-15-7-11-19-42(38)52-54/h4-29,32,45-46H,1-2,30-31H2,3H3. The fourth-order valence-corrected chi connectivity index (χ4v) is 12.6. The van der Waals surface area contributed by atoms with Crippen LogP contribution in [0.4, 0.5) is 0 Å². The normalized spacial score (nSPS) is 19.6. The van der Waals surface area contributed by atoms with Crippen molar-refractivity contribution in [2.75, 3.05) is 13.2 Å². The Morgan fingerprint density at radius 1 is 0.500 bits per heavy atom. The van der Waals surface area contributed by atoms with Crippen LogP contribution in [0.2, 0.25) is 0 Å². The number of para-hydroxylation sites is 2. The quantitative estimate of drug-likeness (QED) is 0.0916. The number of rotatable bonds is 12. The van der Waals surface area contributed by atoms with Crippen molar-refractivity contribution in [3.05, 3.63) is 193 Å². The monoisotopic (exact) mass is 750 g/mol. The molecule has 4 atom stereocenters. The van der Waals surface area contributed by atoms with E-state index in [0.717, 1.165) is 44.5 Å². The zero-order valence-electron chi connectivity index (χ0n) is 29.9. The third kappa shape index (κ3) is 6.30. The lowest BCUT2D eigenvalue weighted by molar-refractivity contribution is 0.124. The minimum atomic E-state index is -3.59. The van der Waals surface area contributed by atoms with Gasteiger partial charge < -0.3 is 18.5 Å². The molecule has 54 heavy (non-hydrogen) atoms. The van der Waals surface area contributed by atoms with Crippen molar-refractivity contribution < 1.29 is 27.7 Å². The average molecular weight is 751 g/mol. The number of hydrogen-bond donors (Lipinski definition) is 0. The van der Waals surface area contributed by atoms with Crippen molar-refractivity contribution in [1.29, 1.82) is 0 Å². The second kappa shape index (κ2) is 14.9. The van der Waals surface area contributed by atoms with Crippen molar-refractivity contribution >= 4 is 25.3 Å².